The monoisotopic (exact) mass is 327 g/mol. The standard InChI is InChI=1S/C20H41NO2/c1-3-4-5-6-7-8-9-10-11-12-13-14-15-16-17-18-19-23-20(22)21-2/h3-19H2,1-2H3,(H,21,22). The number of unbranched alkanes of at least 4 members (excludes halogenated alkanes) is 15. The second-order valence-electron chi connectivity index (χ2n) is 6.69. The Kier molecular flexibility index (Phi) is 18.7. The minimum Gasteiger partial charge on any atom is -0.450 e. The van der Waals surface area contributed by atoms with Crippen LogP contribution >= 0.6 is 0 Å². The van der Waals surface area contributed by atoms with E-state index in [1.807, 2.05) is 0 Å². The fraction of sp³-hybridized carbons (Fsp3) is 0.950. The van der Waals surface area contributed by atoms with Gasteiger partial charge in [0, 0.05) is 7.05 Å². The maximum atomic E-state index is 10.8. The molecule has 0 aliphatic rings. The zero-order valence-corrected chi connectivity index (χ0v) is 15.8. The second kappa shape index (κ2) is 19.3. The summed E-state index contributed by atoms with van der Waals surface area (Å²) < 4.78 is 4.96. The maximum absolute atomic E-state index is 10.8. The Bertz CT molecular complexity index is 244. The van der Waals surface area contributed by atoms with Crippen LogP contribution in [0.2, 0.25) is 0 Å². The third-order valence-corrected chi connectivity index (χ3v) is 4.44. The summed E-state index contributed by atoms with van der Waals surface area (Å²) in [6, 6.07) is 0. The first kappa shape index (κ1) is 22.3. The molecule has 1 N–H and O–H groups in total. The number of rotatable bonds is 17. The molecule has 3 nitrogen and oxygen atoms in total. The average molecular weight is 328 g/mol. The van der Waals surface area contributed by atoms with Gasteiger partial charge in [-0.1, -0.05) is 103 Å². The van der Waals surface area contributed by atoms with Crippen LogP contribution in [0.5, 0.6) is 0 Å². The predicted octanol–water partition coefficient (Wildman–Crippen LogP) is 6.60. The largest absolute Gasteiger partial charge is 0.450 e. The van der Waals surface area contributed by atoms with Gasteiger partial charge in [0.2, 0.25) is 0 Å². The molecule has 0 aliphatic heterocycles. The van der Waals surface area contributed by atoms with Crippen LogP contribution in [0.1, 0.15) is 110 Å². The van der Waals surface area contributed by atoms with E-state index in [0.717, 1.165) is 6.42 Å². The van der Waals surface area contributed by atoms with Crippen molar-refractivity contribution in [2.45, 2.75) is 110 Å². The molecular weight excluding hydrogens is 286 g/mol. The van der Waals surface area contributed by atoms with Crippen LogP contribution in [0.4, 0.5) is 4.79 Å². The minimum absolute atomic E-state index is 0.314. The second-order valence-corrected chi connectivity index (χ2v) is 6.69. The first-order valence-electron chi connectivity index (χ1n) is 10.2. The van der Waals surface area contributed by atoms with Gasteiger partial charge < -0.3 is 10.1 Å². The van der Waals surface area contributed by atoms with Gasteiger partial charge in [-0.2, -0.15) is 0 Å². The van der Waals surface area contributed by atoms with Gasteiger partial charge in [-0.25, -0.2) is 4.79 Å². The molecule has 0 unspecified atom stereocenters. The molecule has 0 aromatic carbocycles. The molecule has 0 heterocycles. The van der Waals surface area contributed by atoms with Gasteiger partial charge in [-0.05, 0) is 6.42 Å². The summed E-state index contributed by atoms with van der Waals surface area (Å²) in [6.45, 7) is 2.83. The molecule has 0 spiro atoms. The normalized spacial score (nSPS) is 10.7. The molecule has 0 saturated carbocycles. The molecule has 138 valence electrons. The van der Waals surface area contributed by atoms with E-state index in [1.54, 1.807) is 7.05 Å². The van der Waals surface area contributed by atoms with Crippen LogP contribution < -0.4 is 5.32 Å². The van der Waals surface area contributed by atoms with Gasteiger partial charge in [-0.3, -0.25) is 0 Å². The van der Waals surface area contributed by atoms with Crippen molar-refractivity contribution in [2.75, 3.05) is 13.7 Å². The van der Waals surface area contributed by atoms with E-state index >= 15 is 0 Å². The van der Waals surface area contributed by atoms with E-state index in [4.69, 9.17) is 4.74 Å². The van der Waals surface area contributed by atoms with Crippen LogP contribution in [0.3, 0.4) is 0 Å². The van der Waals surface area contributed by atoms with E-state index in [2.05, 4.69) is 12.2 Å². The minimum atomic E-state index is -0.314. The van der Waals surface area contributed by atoms with E-state index < -0.39 is 0 Å². The van der Waals surface area contributed by atoms with E-state index in [0.29, 0.717) is 6.61 Å². The molecule has 0 aromatic heterocycles. The van der Waals surface area contributed by atoms with Crippen molar-refractivity contribution in [3.05, 3.63) is 0 Å². The molecule has 0 atom stereocenters. The molecule has 0 saturated heterocycles. The Labute approximate surface area is 144 Å². The lowest BCUT2D eigenvalue weighted by atomic mass is 10.0. The molecule has 0 bridgehead atoms. The summed E-state index contributed by atoms with van der Waals surface area (Å²) in [5.74, 6) is 0. The number of hydrogen-bond donors (Lipinski definition) is 1. The van der Waals surface area contributed by atoms with Crippen LogP contribution in [-0.2, 0) is 4.74 Å². The quantitative estimate of drug-likeness (QED) is 0.305. The highest BCUT2D eigenvalue weighted by Gasteiger charge is 1.97. The lowest BCUT2D eigenvalue weighted by molar-refractivity contribution is 0.146. The number of amides is 1. The Balaban J connectivity index is 2.99. The Morgan fingerprint density at radius 1 is 0.652 bits per heavy atom. The molecule has 0 radical (unpaired) electrons. The van der Waals surface area contributed by atoms with Crippen molar-refractivity contribution in [2.24, 2.45) is 0 Å². The summed E-state index contributed by atoms with van der Waals surface area (Å²) in [5.41, 5.74) is 0. The third kappa shape index (κ3) is 19.2. The number of hydrogen-bond acceptors (Lipinski definition) is 2. The Morgan fingerprint density at radius 2 is 1.00 bits per heavy atom. The van der Waals surface area contributed by atoms with Gasteiger partial charge >= 0.3 is 6.09 Å². The Morgan fingerprint density at radius 3 is 1.35 bits per heavy atom. The molecule has 3 heteroatoms. The lowest BCUT2D eigenvalue weighted by Crippen LogP contribution is -2.19. The summed E-state index contributed by atoms with van der Waals surface area (Å²) in [5, 5.41) is 2.46. The summed E-state index contributed by atoms with van der Waals surface area (Å²) in [6.07, 6.45) is 21.5. The zero-order valence-electron chi connectivity index (χ0n) is 15.8. The molecule has 0 aliphatic carbocycles. The van der Waals surface area contributed by atoms with Crippen molar-refractivity contribution in [1.29, 1.82) is 0 Å². The molecular formula is C20H41NO2. The SMILES string of the molecule is CCCCCCCCCCCCCCCCCCOC(=O)NC. The molecule has 0 fully saturated rings. The van der Waals surface area contributed by atoms with Crippen LogP contribution in [0.25, 0.3) is 0 Å². The van der Waals surface area contributed by atoms with Crippen LogP contribution in [0.15, 0.2) is 0 Å². The smallest absolute Gasteiger partial charge is 0.406 e. The number of carbonyl (C=O) groups is 1. The number of carbonyl (C=O) groups excluding carboxylic acids is 1. The van der Waals surface area contributed by atoms with Gasteiger partial charge in [-0.15, -0.1) is 0 Å². The topological polar surface area (TPSA) is 38.3 Å². The zero-order chi connectivity index (χ0) is 17.0. The number of alkyl carbamates (subject to hydrolysis) is 1. The molecule has 23 heavy (non-hydrogen) atoms. The van der Waals surface area contributed by atoms with E-state index in [9.17, 15) is 4.79 Å². The van der Waals surface area contributed by atoms with Crippen molar-refractivity contribution >= 4 is 6.09 Å². The Hall–Kier alpha value is -0.730. The summed E-state index contributed by atoms with van der Waals surface area (Å²) in [7, 11) is 1.59. The molecule has 0 aromatic rings. The van der Waals surface area contributed by atoms with E-state index in [1.165, 1.54) is 96.3 Å². The van der Waals surface area contributed by atoms with Crippen molar-refractivity contribution in [3.8, 4) is 0 Å². The molecule has 0 rings (SSSR count). The van der Waals surface area contributed by atoms with Gasteiger partial charge in [0.05, 0.1) is 6.61 Å². The van der Waals surface area contributed by atoms with Crippen LogP contribution in [-0.4, -0.2) is 19.7 Å². The highest BCUT2D eigenvalue weighted by molar-refractivity contribution is 5.66. The van der Waals surface area contributed by atoms with Crippen LogP contribution in [0, 0.1) is 0 Å². The van der Waals surface area contributed by atoms with Crippen molar-refractivity contribution < 1.29 is 9.53 Å². The first-order valence-corrected chi connectivity index (χ1v) is 10.2. The summed E-state index contributed by atoms with van der Waals surface area (Å²) >= 11 is 0. The fourth-order valence-electron chi connectivity index (χ4n) is 2.89. The van der Waals surface area contributed by atoms with Gasteiger partial charge in [0.15, 0.2) is 0 Å². The highest BCUT2D eigenvalue weighted by Crippen LogP contribution is 2.13. The van der Waals surface area contributed by atoms with E-state index in [-0.39, 0.29) is 6.09 Å². The maximum Gasteiger partial charge on any atom is 0.406 e. The van der Waals surface area contributed by atoms with Crippen molar-refractivity contribution in [1.82, 2.24) is 5.32 Å². The third-order valence-electron chi connectivity index (χ3n) is 4.44. The number of ether oxygens (including phenoxy) is 1. The predicted molar refractivity (Wildman–Crippen MR) is 100.0 cm³/mol. The first-order chi connectivity index (χ1) is 11.3. The number of nitrogens with one attached hydrogen (secondary N) is 1. The fourth-order valence-corrected chi connectivity index (χ4v) is 2.89. The van der Waals surface area contributed by atoms with Gasteiger partial charge in [0.25, 0.3) is 0 Å². The van der Waals surface area contributed by atoms with Crippen molar-refractivity contribution in [3.63, 3.8) is 0 Å². The average Bonchev–Trinajstić information content (AvgIpc) is 2.57. The van der Waals surface area contributed by atoms with Gasteiger partial charge in [0.1, 0.15) is 0 Å². The lowest BCUT2D eigenvalue weighted by Gasteiger charge is -2.04. The molecule has 1 amide bonds. The highest BCUT2D eigenvalue weighted by atomic mass is 16.5. The summed E-state index contributed by atoms with van der Waals surface area (Å²) in [4.78, 5) is 10.8.